The van der Waals surface area contributed by atoms with Crippen LogP contribution in [-0.4, -0.2) is 50.4 Å². The van der Waals surface area contributed by atoms with E-state index >= 15 is 0 Å². The summed E-state index contributed by atoms with van der Waals surface area (Å²) in [5, 5.41) is 2.66. The lowest BCUT2D eigenvalue weighted by molar-refractivity contribution is -0.137. The summed E-state index contributed by atoms with van der Waals surface area (Å²) in [6.45, 7) is 1.03. The van der Waals surface area contributed by atoms with Crippen LogP contribution in [0.3, 0.4) is 0 Å². The molecule has 0 radical (unpaired) electrons. The number of sulfone groups is 1. The van der Waals surface area contributed by atoms with Crippen LogP contribution in [0.2, 0.25) is 0 Å². The number of amides is 1. The summed E-state index contributed by atoms with van der Waals surface area (Å²) >= 11 is 0. The molecular weight excluding hydrogens is 347 g/mol. The second kappa shape index (κ2) is 6.96. The quantitative estimate of drug-likeness (QED) is 0.868. The fraction of sp³-hybridized carbons (Fsp3) is 0.571. The molecule has 1 aromatic rings. The first-order valence-electron chi connectivity index (χ1n) is 7.30. The minimum Gasteiger partial charge on any atom is -0.356 e. The molecule has 6 nitrogen and oxygen atoms in total. The first-order chi connectivity index (χ1) is 11.0. The molecule has 0 saturated carbocycles. The van der Waals surface area contributed by atoms with Crippen LogP contribution in [0.4, 0.5) is 19.0 Å². The fourth-order valence-corrected chi connectivity index (χ4v) is 3.06. The minimum atomic E-state index is -4.41. The molecular formula is C14H18F3N3O3S. The number of pyridine rings is 1. The standard InChI is InChI=1S/C14H18F3N3O3S/c1-24(22,23)9-13(21)19-11-4-6-20(7-5-11)12-3-2-10(8-18-12)14(15,16)17/h2-3,8,11H,4-7,9H2,1H3,(H,19,21). The SMILES string of the molecule is CS(=O)(=O)CC(=O)NC1CCN(c2ccc(C(F)(F)F)cn2)CC1. The van der Waals surface area contributed by atoms with Crippen molar-refractivity contribution in [3.8, 4) is 0 Å². The Bertz CT molecular complexity index is 681. The Balaban J connectivity index is 1.87. The number of piperidine rings is 1. The monoisotopic (exact) mass is 365 g/mol. The molecule has 134 valence electrons. The van der Waals surface area contributed by atoms with Crippen molar-refractivity contribution in [1.29, 1.82) is 0 Å². The van der Waals surface area contributed by atoms with Crippen LogP contribution in [0.5, 0.6) is 0 Å². The lowest BCUT2D eigenvalue weighted by Crippen LogP contribution is -2.46. The Hall–Kier alpha value is -1.84. The molecule has 0 aromatic carbocycles. The van der Waals surface area contributed by atoms with E-state index < -0.39 is 33.2 Å². The van der Waals surface area contributed by atoms with Crippen molar-refractivity contribution in [2.45, 2.75) is 25.1 Å². The summed E-state index contributed by atoms with van der Waals surface area (Å²) in [6.07, 6.45) is -1.49. The van der Waals surface area contributed by atoms with Gasteiger partial charge in [0.1, 0.15) is 11.6 Å². The number of carbonyl (C=O) groups is 1. The van der Waals surface area contributed by atoms with Crippen LogP contribution < -0.4 is 10.2 Å². The molecule has 1 saturated heterocycles. The summed E-state index contributed by atoms with van der Waals surface area (Å²) in [7, 11) is -3.37. The van der Waals surface area contributed by atoms with Crippen LogP contribution in [0.1, 0.15) is 18.4 Å². The van der Waals surface area contributed by atoms with Gasteiger partial charge in [-0.3, -0.25) is 4.79 Å². The number of alkyl halides is 3. The molecule has 0 unspecified atom stereocenters. The van der Waals surface area contributed by atoms with E-state index in [0.717, 1.165) is 18.5 Å². The number of halogens is 3. The topological polar surface area (TPSA) is 79.4 Å². The van der Waals surface area contributed by atoms with Crippen molar-refractivity contribution in [3.05, 3.63) is 23.9 Å². The predicted molar refractivity (Wildman–Crippen MR) is 82.3 cm³/mol. The second-order valence-electron chi connectivity index (χ2n) is 5.80. The van der Waals surface area contributed by atoms with Gasteiger partial charge in [0.25, 0.3) is 0 Å². The molecule has 24 heavy (non-hydrogen) atoms. The highest BCUT2D eigenvalue weighted by Crippen LogP contribution is 2.29. The second-order valence-corrected chi connectivity index (χ2v) is 7.94. The molecule has 1 fully saturated rings. The smallest absolute Gasteiger partial charge is 0.356 e. The minimum absolute atomic E-state index is 0.148. The lowest BCUT2D eigenvalue weighted by atomic mass is 10.0. The maximum Gasteiger partial charge on any atom is 0.417 e. The average Bonchev–Trinajstić information content (AvgIpc) is 2.45. The van der Waals surface area contributed by atoms with Crippen LogP contribution >= 0.6 is 0 Å². The van der Waals surface area contributed by atoms with E-state index in [1.165, 1.54) is 6.07 Å². The molecule has 0 bridgehead atoms. The zero-order valence-corrected chi connectivity index (χ0v) is 13.8. The highest BCUT2D eigenvalue weighted by molar-refractivity contribution is 7.91. The Morgan fingerprint density at radius 2 is 1.96 bits per heavy atom. The van der Waals surface area contributed by atoms with E-state index in [0.29, 0.717) is 31.7 Å². The number of hydrogen-bond acceptors (Lipinski definition) is 5. The van der Waals surface area contributed by atoms with E-state index in [1.807, 2.05) is 4.90 Å². The Labute approximate surface area is 138 Å². The van der Waals surface area contributed by atoms with E-state index in [-0.39, 0.29) is 6.04 Å². The van der Waals surface area contributed by atoms with E-state index in [2.05, 4.69) is 10.3 Å². The van der Waals surface area contributed by atoms with Gasteiger partial charge >= 0.3 is 6.18 Å². The third kappa shape index (κ3) is 5.36. The molecule has 1 amide bonds. The van der Waals surface area contributed by atoms with Gasteiger partial charge in [-0.2, -0.15) is 13.2 Å². The molecule has 1 N–H and O–H groups in total. The van der Waals surface area contributed by atoms with Crippen molar-refractivity contribution < 1.29 is 26.4 Å². The average molecular weight is 365 g/mol. The number of carbonyl (C=O) groups excluding carboxylic acids is 1. The third-order valence-electron chi connectivity index (χ3n) is 3.65. The Morgan fingerprint density at radius 1 is 1.33 bits per heavy atom. The van der Waals surface area contributed by atoms with Crippen LogP contribution in [0.15, 0.2) is 18.3 Å². The molecule has 1 aliphatic heterocycles. The summed E-state index contributed by atoms with van der Waals surface area (Å²) in [4.78, 5) is 17.3. The normalized spacial score (nSPS) is 16.9. The van der Waals surface area contributed by atoms with Crippen molar-refractivity contribution >= 4 is 21.6 Å². The number of rotatable bonds is 4. The van der Waals surface area contributed by atoms with Crippen LogP contribution in [0, 0.1) is 0 Å². The van der Waals surface area contributed by atoms with Crippen molar-refractivity contribution in [1.82, 2.24) is 10.3 Å². The zero-order chi connectivity index (χ0) is 18.0. The molecule has 0 atom stereocenters. The molecule has 2 heterocycles. The number of aromatic nitrogens is 1. The number of nitrogens with zero attached hydrogens (tertiary/aromatic N) is 2. The highest BCUT2D eigenvalue weighted by Gasteiger charge is 2.31. The highest BCUT2D eigenvalue weighted by atomic mass is 32.2. The van der Waals surface area contributed by atoms with Gasteiger partial charge < -0.3 is 10.2 Å². The molecule has 0 spiro atoms. The molecule has 2 rings (SSSR count). The van der Waals surface area contributed by atoms with E-state index in [4.69, 9.17) is 0 Å². The number of nitrogens with one attached hydrogen (secondary N) is 1. The number of anilines is 1. The first-order valence-corrected chi connectivity index (χ1v) is 9.36. The van der Waals surface area contributed by atoms with E-state index in [9.17, 15) is 26.4 Å². The largest absolute Gasteiger partial charge is 0.417 e. The molecule has 10 heteroatoms. The number of hydrogen-bond donors (Lipinski definition) is 1. The summed E-state index contributed by atoms with van der Waals surface area (Å²) < 4.78 is 59.7. The van der Waals surface area contributed by atoms with Gasteiger partial charge in [-0.15, -0.1) is 0 Å². The molecule has 0 aliphatic carbocycles. The summed E-state index contributed by atoms with van der Waals surface area (Å²) in [5.41, 5.74) is -0.797. The van der Waals surface area contributed by atoms with Crippen molar-refractivity contribution in [2.75, 3.05) is 30.0 Å². The van der Waals surface area contributed by atoms with Gasteiger partial charge in [-0.25, -0.2) is 13.4 Å². The molecule has 1 aromatic heterocycles. The van der Waals surface area contributed by atoms with Crippen molar-refractivity contribution in [3.63, 3.8) is 0 Å². The van der Waals surface area contributed by atoms with Crippen LogP contribution in [0.25, 0.3) is 0 Å². The first kappa shape index (κ1) is 18.5. The van der Waals surface area contributed by atoms with Gasteiger partial charge in [-0.05, 0) is 25.0 Å². The Morgan fingerprint density at radius 3 is 2.42 bits per heavy atom. The third-order valence-corrected chi connectivity index (χ3v) is 4.44. The van der Waals surface area contributed by atoms with Crippen LogP contribution in [-0.2, 0) is 20.8 Å². The Kier molecular flexibility index (Phi) is 5.36. The summed E-state index contributed by atoms with van der Waals surface area (Å²) in [5.74, 6) is -0.638. The predicted octanol–water partition coefficient (Wildman–Crippen LogP) is 1.23. The van der Waals surface area contributed by atoms with Gasteiger partial charge in [-0.1, -0.05) is 0 Å². The van der Waals surface area contributed by atoms with Crippen molar-refractivity contribution in [2.24, 2.45) is 0 Å². The maximum absolute atomic E-state index is 12.5. The van der Waals surface area contributed by atoms with Gasteiger partial charge in [0.05, 0.1) is 5.56 Å². The van der Waals surface area contributed by atoms with E-state index in [1.54, 1.807) is 0 Å². The van der Waals surface area contributed by atoms with Gasteiger partial charge in [0.2, 0.25) is 5.91 Å². The lowest BCUT2D eigenvalue weighted by Gasteiger charge is -2.33. The zero-order valence-electron chi connectivity index (χ0n) is 13.0. The summed E-state index contributed by atoms with van der Waals surface area (Å²) in [6, 6.07) is 2.16. The fourth-order valence-electron chi connectivity index (χ4n) is 2.50. The maximum atomic E-state index is 12.5. The van der Waals surface area contributed by atoms with Gasteiger partial charge in [0, 0.05) is 31.6 Å². The molecule has 1 aliphatic rings. The van der Waals surface area contributed by atoms with Gasteiger partial charge in [0.15, 0.2) is 9.84 Å².